The van der Waals surface area contributed by atoms with Crippen molar-refractivity contribution in [2.45, 2.75) is 0 Å². The van der Waals surface area contributed by atoms with Crippen LogP contribution in [0, 0.1) is 5.38 Å². The van der Waals surface area contributed by atoms with Gasteiger partial charge in [0.25, 0.3) is 0 Å². The molecule has 0 fully saturated rings. The molecule has 1 rings (SSSR count). The highest BCUT2D eigenvalue weighted by atomic mass is 35.5. The van der Waals surface area contributed by atoms with Crippen molar-refractivity contribution in [2.75, 3.05) is 14.2 Å². The highest BCUT2D eigenvalue weighted by molar-refractivity contribution is 6.40. The fourth-order valence-corrected chi connectivity index (χ4v) is 1.15. The Morgan fingerprint density at radius 2 is 1.79 bits per heavy atom. The Labute approximate surface area is 87.6 Å². The third-order valence-electron chi connectivity index (χ3n) is 1.71. The molecule has 0 aromatic heterocycles. The lowest BCUT2D eigenvalue weighted by atomic mass is 10.1. The Morgan fingerprint density at radius 1 is 1.21 bits per heavy atom. The van der Waals surface area contributed by atoms with Crippen molar-refractivity contribution in [1.29, 1.82) is 0 Å². The number of benzene rings is 1. The molecule has 1 aromatic carbocycles. The maximum absolute atomic E-state index is 11.0. The van der Waals surface area contributed by atoms with Crippen molar-refractivity contribution in [3.63, 3.8) is 0 Å². The summed E-state index contributed by atoms with van der Waals surface area (Å²) in [4.78, 5) is 11.0. The van der Waals surface area contributed by atoms with Gasteiger partial charge in [-0.15, -0.1) is 0 Å². The summed E-state index contributed by atoms with van der Waals surface area (Å²) in [6.07, 6.45) is 0. The molecule has 1 radical (unpaired) electrons. The Morgan fingerprint density at radius 3 is 2.21 bits per heavy atom. The average Bonchev–Trinajstić information content (AvgIpc) is 2.27. The van der Waals surface area contributed by atoms with Gasteiger partial charge in [-0.3, -0.25) is 0 Å². The molecule has 0 saturated heterocycles. The largest absolute Gasteiger partial charge is 0.497 e. The van der Waals surface area contributed by atoms with Gasteiger partial charge in [-0.25, -0.2) is 4.79 Å². The van der Waals surface area contributed by atoms with E-state index in [1.54, 1.807) is 31.4 Å². The van der Waals surface area contributed by atoms with E-state index in [9.17, 15) is 4.79 Å². The second-order valence-corrected chi connectivity index (χ2v) is 2.91. The maximum Gasteiger partial charge on any atom is 0.334 e. The molecule has 0 saturated carbocycles. The predicted octanol–water partition coefficient (Wildman–Crippen LogP) is 1.99. The summed E-state index contributed by atoms with van der Waals surface area (Å²) in [5, 5.41) is 0.0650. The first-order valence-electron chi connectivity index (χ1n) is 3.94. The molecule has 75 valence electrons. The monoisotopic (exact) mass is 213 g/mol. The van der Waals surface area contributed by atoms with E-state index in [0.29, 0.717) is 11.3 Å². The normalized spacial score (nSPS) is 10.0. The molecular weight excluding hydrogens is 204 g/mol. The number of esters is 1. The number of hydrogen-bond donors (Lipinski definition) is 0. The SMILES string of the molecule is COC(=O)[C](Cl)c1ccc(OC)cc1. The Bertz CT molecular complexity index is 308. The molecule has 0 amide bonds. The summed E-state index contributed by atoms with van der Waals surface area (Å²) in [6.45, 7) is 0. The molecule has 0 aliphatic carbocycles. The first-order chi connectivity index (χ1) is 6.69. The summed E-state index contributed by atoms with van der Waals surface area (Å²) in [7, 11) is 2.86. The minimum atomic E-state index is -0.545. The lowest BCUT2D eigenvalue weighted by Crippen LogP contribution is -2.09. The maximum atomic E-state index is 11.0. The van der Waals surface area contributed by atoms with E-state index in [1.807, 2.05) is 0 Å². The minimum Gasteiger partial charge on any atom is -0.497 e. The van der Waals surface area contributed by atoms with Gasteiger partial charge in [-0.1, -0.05) is 23.7 Å². The van der Waals surface area contributed by atoms with Crippen molar-refractivity contribution >= 4 is 17.6 Å². The molecule has 1 aromatic rings. The number of halogens is 1. The molecule has 0 bridgehead atoms. The lowest BCUT2D eigenvalue weighted by molar-refractivity contribution is -0.136. The van der Waals surface area contributed by atoms with Crippen LogP contribution < -0.4 is 4.74 Å². The van der Waals surface area contributed by atoms with Crippen molar-refractivity contribution < 1.29 is 14.3 Å². The third kappa shape index (κ3) is 2.39. The molecule has 0 aliphatic heterocycles. The van der Waals surface area contributed by atoms with Gasteiger partial charge in [0.2, 0.25) is 5.38 Å². The molecule has 0 N–H and O–H groups in total. The topological polar surface area (TPSA) is 35.5 Å². The molecule has 0 aliphatic rings. The third-order valence-corrected chi connectivity index (χ3v) is 2.08. The lowest BCUT2D eigenvalue weighted by Gasteiger charge is -2.06. The number of carbonyl (C=O) groups excluding carboxylic acids is 1. The van der Waals surface area contributed by atoms with Gasteiger partial charge in [-0.05, 0) is 17.7 Å². The first-order valence-corrected chi connectivity index (χ1v) is 4.32. The van der Waals surface area contributed by atoms with E-state index in [1.165, 1.54) is 7.11 Å². The van der Waals surface area contributed by atoms with Gasteiger partial charge in [0, 0.05) is 0 Å². The second kappa shape index (κ2) is 4.86. The number of rotatable bonds is 3. The molecule has 3 nitrogen and oxygen atoms in total. The van der Waals surface area contributed by atoms with Crippen molar-refractivity contribution in [2.24, 2.45) is 0 Å². The summed E-state index contributed by atoms with van der Waals surface area (Å²) in [5.41, 5.74) is 0.610. The van der Waals surface area contributed by atoms with Crippen LogP contribution >= 0.6 is 11.6 Å². The zero-order valence-electron chi connectivity index (χ0n) is 7.91. The summed E-state index contributed by atoms with van der Waals surface area (Å²) in [5.74, 6) is 0.167. The smallest absolute Gasteiger partial charge is 0.334 e. The number of methoxy groups -OCH3 is 2. The van der Waals surface area contributed by atoms with Crippen LogP contribution in [0.25, 0.3) is 0 Å². The average molecular weight is 214 g/mol. The molecule has 4 heteroatoms. The minimum absolute atomic E-state index is 0.0650. The highest BCUT2D eigenvalue weighted by Crippen LogP contribution is 2.22. The van der Waals surface area contributed by atoms with Gasteiger partial charge in [0.1, 0.15) is 5.75 Å². The van der Waals surface area contributed by atoms with E-state index >= 15 is 0 Å². The van der Waals surface area contributed by atoms with E-state index in [0.717, 1.165) is 0 Å². The number of hydrogen-bond acceptors (Lipinski definition) is 3. The van der Waals surface area contributed by atoms with Gasteiger partial charge in [0.05, 0.1) is 14.2 Å². The molecule has 0 atom stereocenters. The molecule has 0 spiro atoms. The number of carbonyl (C=O) groups is 1. The van der Waals surface area contributed by atoms with Crippen LogP contribution in [0.15, 0.2) is 24.3 Å². The van der Waals surface area contributed by atoms with E-state index in [-0.39, 0.29) is 5.38 Å². The van der Waals surface area contributed by atoms with Crippen molar-refractivity contribution in [3.8, 4) is 5.75 Å². The van der Waals surface area contributed by atoms with Gasteiger partial charge in [0.15, 0.2) is 0 Å². The van der Waals surface area contributed by atoms with Crippen LogP contribution in [-0.2, 0) is 9.53 Å². The van der Waals surface area contributed by atoms with E-state index in [2.05, 4.69) is 4.74 Å². The zero-order chi connectivity index (χ0) is 10.6. The number of ether oxygens (including phenoxy) is 2. The molecule has 0 heterocycles. The predicted molar refractivity (Wildman–Crippen MR) is 53.2 cm³/mol. The summed E-state index contributed by atoms with van der Waals surface area (Å²) < 4.78 is 9.45. The van der Waals surface area contributed by atoms with Crippen LogP contribution in [0.2, 0.25) is 0 Å². The van der Waals surface area contributed by atoms with Crippen LogP contribution in [0.4, 0.5) is 0 Å². The fraction of sp³-hybridized carbons (Fsp3) is 0.200. The van der Waals surface area contributed by atoms with Crippen LogP contribution in [0.5, 0.6) is 5.75 Å². The Hall–Kier alpha value is -1.22. The van der Waals surface area contributed by atoms with E-state index < -0.39 is 5.97 Å². The Kier molecular flexibility index (Phi) is 3.77. The van der Waals surface area contributed by atoms with Crippen molar-refractivity contribution in [3.05, 3.63) is 35.2 Å². The summed E-state index contributed by atoms with van der Waals surface area (Å²) in [6, 6.07) is 6.83. The van der Waals surface area contributed by atoms with Gasteiger partial charge >= 0.3 is 5.97 Å². The van der Waals surface area contributed by atoms with Crippen molar-refractivity contribution in [1.82, 2.24) is 0 Å². The van der Waals surface area contributed by atoms with Gasteiger partial charge < -0.3 is 9.47 Å². The molecule has 0 unspecified atom stereocenters. The molecule has 14 heavy (non-hydrogen) atoms. The standard InChI is InChI=1S/C10H10ClO3/c1-13-8-5-3-7(4-6-8)9(11)10(12)14-2/h3-6H,1-2H3. The van der Waals surface area contributed by atoms with Gasteiger partial charge in [-0.2, -0.15) is 0 Å². The second-order valence-electron chi connectivity index (χ2n) is 2.53. The van der Waals surface area contributed by atoms with Crippen LogP contribution in [-0.4, -0.2) is 20.2 Å². The van der Waals surface area contributed by atoms with Crippen LogP contribution in [0.3, 0.4) is 0 Å². The van der Waals surface area contributed by atoms with E-state index in [4.69, 9.17) is 16.3 Å². The highest BCUT2D eigenvalue weighted by Gasteiger charge is 2.19. The zero-order valence-corrected chi connectivity index (χ0v) is 8.67. The van der Waals surface area contributed by atoms with Crippen LogP contribution in [0.1, 0.15) is 5.56 Å². The first kappa shape index (κ1) is 10.9. The Balaban J connectivity index is 2.81. The molecular formula is C10H10ClO3. The quantitative estimate of drug-likeness (QED) is 0.721. The summed E-state index contributed by atoms with van der Waals surface area (Å²) >= 11 is 5.75. The fourth-order valence-electron chi connectivity index (χ4n) is 0.945.